The Morgan fingerprint density at radius 1 is 1.59 bits per heavy atom. The van der Waals surface area contributed by atoms with Crippen LogP contribution >= 0.6 is 0 Å². The Balaban J connectivity index is 3.02. The molecule has 0 unspecified atom stereocenters. The summed E-state index contributed by atoms with van der Waals surface area (Å²) in [5.74, 6) is 0.235. The quantitative estimate of drug-likeness (QED) is 0.605. The van der Waals surface area contributed by atoms with Crippen LogP contribution in [0.4, 0.5) is 11.5 Å². The first-order valence-electron chi connectivity index (χ1n) is 5.36. The second-order valence-electron chi connectivity index (χ2n) is 4.62. The molecule has 17 heavy (non-hydrogen) atoms. The van der Waals surface area contributed by atoms with Gasteiger partial charge in [0.15, 0.2) is 0 Å². The number of pyridine rings is 1. The van der Waals surface area contributed by atoms with Gasteiger partial charge in [0.05, 0.1) is 4.92 Å². The zero-order valence-corrected chi connectivity index (χ0v) is 10.2. The van der Waals surface area contributed by atoms with E-state index in [0.29, 0.717) is 6.42 Å². The summed E-state index contributed by atoms with van der Waals surface area (Å²) in [5, 5.41) is 22.8. The number of nitrogens with one attached hydrogen (secondary N) is 1. The van der Waals surface area contributed by atoms with E-state index in [2.05, 4.69) is 10.3 Å². The maximum Gasteiger partial charge on any atom is 0.311 e. The molecule has 1 aromatic heterocycles. The van der Waals surface area contributed by atoms with Crippen LogP contribution in [0.5, 0.6) is 0 Å². The van der Waals surface area contributed by atoms with Gasteiger partial charge in [0.25, 0.3) is 0 Å². The van der Waals surface area contributed by atoms with Crippen LogP contribution in [0.3, 0.4) is 0 Å². The van der Waals surface area contributed by atoms with Crippen molar-refractivity contribution in [1.29, 1.82) is 0 Å². The van der Waals surface area contributed by atoms with Crippen molar-refractivity contribution < 1.29 is 10.0 Å². The molecule has 0 spiro atoms. The summed E-state index contributed by atoms with van der Waals surface area (Å²) < 4.78 is 0. The Hall–Kier alpha value is -1.69. The molecule has 1 rings (SSSR count). The smallest absolute Gasteiger partial charge is 0.311 e. The number of rotatable bonds is 5. The number of aryl methyl sites for hydroxylation is 1. The third-order valence-electron chi connectivity index (χ3n) is 2.39. The van der Waals surface area contributed by atoms with Crippen molar-refractivity contribution in [3.63, 3.8) is 0 Å². The molecule has 0 saturated carbocycles. The molecular weight excluding hydrogens is 222 g/mol. The molecule has 0 radical (unpaired) electrons. The van der Waals surface area contributed by atoms with Crippen molar-refractivity contribution >= 4 is 11.5 Å². The Morgan fingerprint density at radius 3 is 2.76 bits per heavy atom. The lowest BCUT2D eigenvalue weighted by molar-refractivity contribution is -0.384. The van der Waals surface area contributed by atoms with Crippen molar-refractivity contribution in [2.24, 2.45) is 0 Å². The fourth-order valence-electron chi connectivity index (χ4n) is 1.45. The highest BCUT2D eigenvalue weighted by molar-refractivity contribution is 5.57. The monoisotopic (exact) mass is 239 g/mol. The third kappa shape index (κ3) is 3.67. The number of hydrogen-bond acceptors (Lipinski definition) is 5. The van der Waals surface area contributed by atoms with Gasteiger partial charge in [0, 0.05) is 24.4 Å². The van der Waals surface area contributed by atoms with Crippen LogP contribution in [0.25, 0.3) is 0 Å². The van der Waals surface area contributed by atoms with Gasteiger partial charge in [-0.2, -0.15) is 0 Å². The van der Waals surface area contributed by atoms with Crippen LogP contribution in [0, 0.1) is 17.0 Å². The lowest BCUT2D eigenvalue weighted by Crippen LogP contribution is -2.32. The van der Waals surface area contributed by atoms with Gasteiger partial charge in [0.1, 0.15) is 0 Å². The Kier molecular flexibility index (Phi) is 4.01. The molecule has 0 saturated heterocycles. The van der Waals surface area contributed by atoms with Gasteiger partial charge >= 0.3 is 5.69 Å². The molecule has 0 bridgehead atoms. The summed E-state index contributed by atoms with van der Waals surface area (Å²) in [5.41, 5.74) is 0.250. The maximum atomic E-state index is 10.9. The first kappa shape index (κ1) is 13.4. The van der Waals surface area contributed by atoms with Gasteiger partial charge in [-0.3, -0.25) is 10.1 Å². The molecule has 2 N–H and O–H groups in total. The number of aliphatic hydroxyl groups is 1. The SMILES string of the molecule is Cc1cnc(NC(C)(C)CCO)c([N+](=O)[O-])c1. The number of nitrogens with zero attached hydrogens (tertiary/aromatic N) is 2. The van der Waals surface area contributed by atoms with Crippen LogP contribution in [-0.2, 0) is 0 Å². The molecule has 94 valence electrons. The minimum absolute atomic E-state index is 0.0136. The molecule has 0 aliphatic heterocycles. The van der Waals surface area contributed by atoms with Crippen LogP contribution in [-0.4, -0.2) is 27.2 Å². The van der Waals surface area contributed by atoms with Gasteiger partial charge in [-0.25, -0.2) is 4.98 Å². The van der Waals surface area contributed by atoms with Gasteiger partial charge in [-0.1, -0.05) is 0 Å². The maximum absolute atomic E-state index is 10.9. The van der Waals surface area contributed by atoms with Crippen molar-refractivity contribution in [1.82, 2.24) is 4.98 Å². The molecular formula is C11H17N3O3. The predicted octanol–water partition coefficient (Wildman–Crippen LogP) is 1.87. The van der Waals surface area contributed by atoms with Crippen molar-refractivity contribution in [3.05, 3.63) is 27.9 Å². The van der Waals surface area contributed by atoms with Gasteiger partial charge in [-0.05, 0) is 32.8 Å². The minimum Gasteiger partial charge on any atom is -0.396 e. The summed E-state index contributed by atoms with van der Waals surface area (Å²) in [7, 11) is 0. The zero-order valence-electron chi connectivity index (χ0n) is 10.2. The first-order valence-corrected chi connectivity index (χ1v) is 5.36. The topological polar surface area (TPSA) is 88.3 Å². The molecule has 0 aliphatic carbocycles. The summed E-state index contributed by atoms with van der Waals surface area (Å²) in [6.07, 6.45) is 2.06. The second kappa shape index (κ2) is 5.09. The van der Waals surface area contributed by atoms with Crippen molar-refractivity contribution in [3.8, 4) is 0 Å². The highest BCUT2D eigenvalue weighted by atomic mass is 16.6. The Bertz CT molecular complexity index is 418. The molecule has 0 atom stereocenters. The number of anilines is 1. The number of hydrogen-bond donors (Lipinski definition) is 2. The number of nitro groups is 1. The molecule has 0 aromatic carbocycles. The fourth-order valence-corrected chi connectivity index (χ4v) is 1.45. The third-order valence-corrected chi connectivity index (χ3v) is 2.39. The van der Waals surface area contributed by atoms with Gasteiger partial charge < -0.3 is 10.4 Å². The van der Waals surface area contributed by atoms with E-state index >= 15 is 0 Å². The van der Waals surface area contributed by atoms with Crippen LogP contribution < -0.4 is 5.32 Å². The van der Waals surface area contributed by atoms with E-state index in [0.717, 1.165) is 5.56 Å². The van der Waals surface area contributed by atoms with E-state index in [1.165, 1.54) is 6.07 Å². The minimum atomic E-state index is -0.461. The normalized spacial score (nSPS) is 11.3. The summed E-state index contributed by atoms with van der Waals surface area (Å²) in [4.78, 5) is 14.5. The Labute approximate surface area is 99.8 Å². The summed E-state index contributed by atoms with van der Waals surface area (Å²) in [6, 6.07) is 1.48. The van der Waals surface area contributed by atoms with Crippen molar-refractivity contribution in [2.75, 3.05) is 11.9 Å². The molecule has 1 aromatic rings. The van der Waals surface area contributed by atoms with Gasteiger partial charge in [0.2, 0.25) is 5.82 Å². The Morgan fingerprint density at radius 2 is 2.24 bits per heavy atom. The van der Waals surface area contributed by atoms with Crippen LogP contribution in [0.15, 0.2) is 12.3 Å². The van der Waals surface area contributed by atoms with E-state index in [9.17, 15) is 10.1 Å². The summed E-state index contributed by atoms with van der Waals surface area (Å²) >= 11 is 0. The van der Waals surface area contributed by atoms with Crippen LogP contribution in [0.1, 0.15) is 25.8 Å². The van der Waals surface area contributed by atoms with Crippen molar-refractivity contribution in [2.45, 2.75) is 32.7 Å². The highest BCUT2D eigenvalue weighted by Crippen LogP contribution is 2.26. The first-order chi connectivity index (χ1) is 7.85. The molecule has 0 aliphatic rings. The molecule has 0 amide bonds. The predicted molar refractivity (Wildman–Crippen MR) is 65.0 cm³/mol. The molecule has 1 heterocycles. The number of aliphatic hydroxyl groups excluding tert-OH is 1. The molecule has 6 heteroatoms. The standard InChI is InChI=1S/C11H17N3O3/c1-8-6-9(14(16)17)10(12-7-8)13-11(2,3)4-5-15/h6-7,15H,4-5H2,1-3H3,(H,12,13). The summed E-state index contributed by atoms with van der Waals surface area (Å²) in [6.45, 7) is 5.48. The highest BCUT2D eigenvalue weighted by Gasteiger charge is 2.23. The fraction of sp³-hybridized carbons (Fsp3) is 0.545. The average molecular weight is 239 g/mol. The second-order valence-corrected chi connectivity index (χ2v) is 4.62. The van der Waals surface area contributed by atoms with Crippen LogP contribution in [0.2, 0.25) is 0 Å². The van der Waals surface area contributed by atoms with E-state index in [-0.39, 0.29) is 18.1 Å². The zero-order chi connectivity index (χ0) is 13.1. The lowest BCUT2D eigenvalue weighted by atomic mass is 10.0. The van der Waals surface area contributed by atoms with E-state index in [1.807, 2.05) is 13.8 Å². The van der Waals surface area contributed by atoms with Gasteiger partial charge in [-0.15, -0.1) is 0 Å². The lowest BCUT2D eigenvalue weighted by Gasteiger charge is -2.25. The largest absolute Gasteiger partial charge is 0.396 e. The molecule has 0 fully saturated rings. The molecule has 6 nitrogen and oxygen atoms in total. The van der Waals surface area contributed by atoms with E-state index < -0.39 is 10.5 Å². The average Bonchev–Trinajstić information content (AvgIpc) is 2.20. The number of aromatic nitrogens is 1. The van der Waals surface area contributed by atoms with E-state index in [4.69, 9.17) is 5.11 Å². The van der Waals surface area contributed by atoms with E-state index in [1.54, 1.807) is 13.1 Å².